The van der Waals surface area contributed by atoms with Crippen molar-refractivity contribution in [1.82, 2.24) is 5.32 Å². The zero-order chi connectivity index (χ0) is 13.9. The molecule has 2 unspecified atom stereocenters. The van der Waals surface area contributed by atoms with Gasteiger partial charge >= 0.3 is 0 Å². The molecule has 0 aliphatic heterocycles. The van der Waals surface area contributed by atoms with Gasteiger partial charge in [0.2, 0.25) is 0 Å². The lowest BCUT2D eigenvalue weighted by atomic mass is 9.51. The summed E-state index contributed by atoms with van der Waals surface area (Å²) in [4.78, 5) is 0. The molecule has 0 bridgehead atoms. The Balaban J connectivity index is 1.67. The fraction of sp³-hybridized carbons (Fsp3) is 1.00. The first-order chi connectivity index (χ1) is 9.04. The van der Waals surface area contributed by atoms with Crippen LogP contribution < -0.4 is 5.32 Å². The molecule has 0 radical (unpaired) electrons. The van der Waals surface area contributed by atoms with Crippen molar-refractivity contribution in [2.24, 2.45) is 10.8 Å². The second-order valence-corrected chi connectivity index (χ2v) is 7.20. The van der Waals surface area contributed by atoms with Crippen LogP contribution in [0.25, 0.3) is 0 Å². The summed E-state index contributed by atoms with van der Waals surface area (Å²) in [5, 5.41) is 13.0. The highest BCUT2D eigenvalue weighted by molar-refractivity contribution is 5.12. The van der Waals surface area contributed by atoms with Crippen LogP contribution in [0.3, 0.4) is 0 Å². The predicted octanol–water partition coefficient (Wildman–Crippen LogP) is 2.72. The molecule has 2 aliphatic rings. The van der Waals surface area contributed by atoms with Crippen LogP contribution in [-0.2, 0) is 4.74 Å². The molecule has 0 aromatic carbocycles. The van der Waals surface area contributed by atoms with E-state index in [9.17, 15) is 5.11 Å². The Labute approximate surface area is 118 Å². The number of ether oxygens (including phenoxy) is 1. The fourth-order valence-corrected chi connectivity index (χ4v) is 3.65. The lowest BCUT2D eigenvalue weighted by molar-refractivity contribution is -0.172. The summed E-state index contributed by atoms with van der Waals surface area (Å²) in [7, 11) is 0. The number of rotatable bonds is 8. The summed E-state index contributed by atoms with van der Waals surface area (Å²) in [6, 6.07) is 0.676. The Kier molecular flexibility index (Phi) is 4.91. The van der Waals surface area contributed by atoms with Gasteiger partial charge in [0.15, 0.2) is 0 Å². The van der Waals surface area contributed by atoms with Crippen LogP contribution in [-0.4, -0.2) is 37.0 Å². The van der Waals surface area contributed by atoms with Crippen LogP contribution in [0.2, 0.25) is 0 Å². The zero-order valence-corrected chi connectivity index (χ0v) is 12.9. The topological polar surface area (TPSA) is 41.5 Å². The van der Waals surface area contributed by atoms with Crippen LogP contribution in [0.1, 0.15) is 59.3 Å². The quantitative estimate of drug-likeness (QED) is 0.666. The Morgan fingerprint density at radius 3 is 2.63 bits per heavy atom. The number of nitrogens with one attached hydrogen (secondary N) is 1. The van der Waals surface area contributed by atoms with Gasteiger partial charge in [0.1, 0.15) is 0 Å². The summed E-state index contributed by atoms with van der Waals surface area (Å²) in [6.07, 6.45) is 8.01. The summed E-state index contributed by atoms with van der Waals surface area (Å²) >= 11 is 0. The monoisotopic (exact) mass is 269 g/mol. The fourth-order valence-electron chi connectivity index (χ4n) is 3.65. The summed E-state index contributed by atoms with van der Waals surface area (Å²) in [5.74, 6) is 0. The molecule has 3 heteroatoms. The van der Waals surface area contributed by atoms with Gasteiger partial charge in [0, 0.05) is 24.7 Å². The van der Waals surface area contributed by atoms with E-state index < -0.39 is 0 Å². The van der Waals surface area contributed by atoms with Gasteiger partial charge in [0.05, 0.1) is 6.10 Å². The second-order valence-electron chi connectivity index (χ2n) is 7.20. The van der Waals surface area contributed by atoms with Crippen molar-refractivity contribution in [2.45, 2.75) is 71.4 Å². The van der Waals surface area contributed by atoms with Gasteiger partial charge < -0.3 is 15.2 Å². The van der Waals surface area contributed by atoms with Gasteiger partial charge in [-0.3, -0.25) is 0 Å². The molecular formula is C16H31NO2. The number of aliphatic hydroxyl groups is 1. The molecule has 2 atom stereocenters. The maximum Gasteiger partial charge on any atom is 0.0661 e. The molecule has 0 amide bonds. The third-order valence-electron chi connectivity index (χ3n) is 5.29. The molecule has 2 N–H and O–H groups in total. The molecule has 1 spiro atoms. The van der Waals surface area contributed by atoms with Crippen molar-refractivity contribution >= 4 is 0 Å². The van der Waals surface area contributed by atoms with E-state index in [4.69, 9.17) is 4.74 Å². The van der Waals surface area contributed by atoms with E-state index in [0.29, 0.717) is 17.6 Å². The number of hydrogen-bond donors (Lipinski definition) is 2. The molecule has 2 fully saturated rings. The van der Waals surface area contributed by atoms with Crippen LogP contribution in [0, 0.1) is 10.8 Å². The molecule has 2 saturated carbocycles. The minimum absolute atomic E-state index is 0.0727. The molecule has 0 heterocycles. The predicted molar refractivity (Wildman–Crippen MR) is 78.2 cm³/mol. The molecule has 19 heavy (non-hydrogen) atoms. The highest BCUT2D eigenvalue weighted by atomic mass is 16.5. The van der Waals surface area contributed by atoms with E-state index >= 15 is 0 Å². The minimum atomic E-state index is 0.0727. The summed E-state index contributed by atoms with van der Waals surface area (Å²) in [5.41, 5.74) is 0.547. The summed E-state index contributed by atoms with van der Waals surface area (Å²) in [6.45, 7) is 8.58. The van der Waals surface area contributed by atoms with Crippen molar-refractivity contribution in [2.75, 3.05) is 19.8 Å². The molecule has 112 valence electrons. The van der Waals surface area contributed by atoms with E-state index in [1.54, 1.807) is 0 Å². The first-order valence-electron chi connectivity index (χ1n) is 8.00. The van der Waals surface area contributed by atoms with Crippen molar-refractivity contribution in [3.63, 3.8) is 0 Å². The third-order valence-corrected chi connectivity index (χ3v) is 5.29. The Morgan fingerprint density at radius 2 is 2.11 bits per heavy atom. The molecule has 2 rings (SSSR count). The Morgan fingerprint density at radius 1 is 1.37 bits per heavy atom. The Bertz CT molecular complexity index is 286. The van der Waals surface area contributed by atoms with Crippen LogP contribution in [0.4, 0.5) is 0 Å². The highest BCUT2D eigenvalue weighted by Gasteiger charge is 2.58. The lowest BCUT2D eigenvalue weighted by Gasteiger charge is -2.61. The maximum absolute atomic E-state index is 9.25. The standard InChI is InChI=1S/C16H31NO2/c1-4-19-14-11-13(16(14)8-5-9-16)17-10-6-7-15(2,3)12-18/h13-14,17-18H,4-12H2,1-3H3. The third kappa shape index (κ3) is 3.14. The molecule has 0 saturated heterocycles. The molecule has 0 aromatic rings. The lowest BCUT2D eigenvalue weighted by Crippen LogP contribution is -2.66. The van der Waals surface area contributed by atoms with Crippen molar-refractivity contribution in [3.8, 4) is 0 Å². The van der Waals surface area contributed by atoms with Crippen LogP contribution >= 0.6 is 0 Å². The highest BCUT2D eigenvalue weighted by Crippen LogP contribution is 2.57. The number of aliphatic hydroxyl groups excluding tert-OH is 1. The normalized spacial score (nSPS) is 29.1. The largest absolute Gasteiger partial charge is 0.396 e. The average Bonchev–Trinajstić information content (AvgIpc) is 2.29. The van der Waals surface area contributed by atoms with Crippen LogP contribution in [0.15, 0.2) is 0 Å². The molecule has 0 aromatic heterocycles. The second kappa shape index (κ2) is 6.11. The van der Waals surface area contributed by atoms with E-state index in [1.165, 1.54) is 25.7 Å². The van der Waals surface area contributed by atoms with E-state index in [-0.39, 0.29) is 12.0 Å². The SMILES string of the molecule is CCOC1CC(NCCCC(C)(C)CO)C12CCC2. The first kappa shape index (κ1) is 15.3. The van der Waals surface area contributed by atoms with E-state index in [1.807, 2.05) is 0 Å². The van der Waals surface area contributed by atoms with Gasteiger partial charge in [-0.05, 0) is 51.0 Å². The summed E-state index contributed by atoms with van der Waals surface area (Å²) < 4.78 is 5.87. The maximum atomic E-state index is 9.25. The van der Waals surface area contributed by atoms with Crippen LogP contribution in [0.5, 0.6) is 0 Å². The van der Waals surface area contributed by atoms with Gasteiger partial charge in [-0.1, -0.05) is 20.3 Å². The van der Waals surface area contributed by atoms with Crippen molar-refractivity contribution in [3.05, 3.63) is 0 Å². The van der Waals surface area contributed by atoms with E-state index in [0.717, 1.165) is 26.0 Å². The smallest absolute Gasteiger partial charge is 0.0661 e. The van der Waals surface area contributed by atoms with E-state index in [2.05, 4.69) is 26.1 Å². The van der Waals surface area contributed by atoms with Gasteiger partial charge in [-0.2, -0.15) is 0 Å². The molecule has 3 nitrogen and oxygen atoms in total. The van der Waals surface area contributed by atoms with Gasteiger partial charge in [-0.15, -0.1) is 0 Å². The zero-order valence-electron chi connectivity index (χ0n) is 12.9. The van der Waals surface area contributed by atoms with Crippen molar-refractivity contribution < 1.29 is 9.84 Å². The van der Waals surface area contributed by atoms with Gasteiger partial charge in [0.25, 0.3) is 0 Å². The van der Waals surface area contributed by atoms with Crippen molar-refractivity contribution in [1.29, 1.82) is 0 Å². The Hall–Kier alpha value is -0.120. The first-order valence-corrected chi connectivity index (χ1v) is 8.00. The molecular weight excluding hydrogens is 238 g/mol. The average molecular weight is 269 g/mol. The van der Waals surface area contributed by atoms with Gasteiger partial charge in [-0.25, -0.2) is 0 Å². The minimum Gasteiger partial charge on any atom is -0.396 e. The number of hydrogen-bond acceptors (Lipinski definition) is 3. The molecule has 2 aliphatic carbocycles.